The molecule has 1 heterocycles. The molecule has 140 valence electrons. The fourth-order valence-electron chi connectivity index (χ4n) is 3.17. The maximum absolute atomic E-state index is 4.82. The predicted octanol–water partition coefficient (Wildman–Crippen LogP) is 5.56. The molecule has 0 radical (unpaired) electrons. The van der Waals surface area contributed by atoms with Gasteiger partial charge in [0.2, 0.25) is 4.80 Å². The lowest BCUT2D eigenvalue weighted by Crippen LogP contribution is -2.13. The van der Waals surface area contributed by atoms with Crippen LogP contribution in [0.5, 0.6) is 0 Å². The second-order valence-electron chi connectivity index (χ2n) is 7.05. The average molecular weight is 378 g/mol. The Morgan fingerprint density at radius 2 is 1.67 bits per heavy atom. The van der Waals surface area contributed by atoms with Gasteiger partial charge < -0.3 is 0 Å². The molecule has 1 aromatic heterocycles. The number of rotatable bonds is 4. The third-order valence-electron chi connectivity index (χ3n) is 4.83. The van der Waals surface area contributed by atoms with E-state index in [0.717, 1.165) is 22.6 Å². The highest BCUT2D eigenvalue weighted by molar-refractivity contribution is 7.07. The Bertz CT molecular complexity index is 1070. The van der Waals surface area contributed by atoms with Crippen molar-refractivity contribution in [1.29, 1.82) is 0 Å². The quantitative estimate of drug-likeness (QED) is 0.533. The van der Waals surface area contributed by atoms with Gasteiger partial charge >= 0.3 is 0 Å². The van der Waals surface area contributed by atoms with Crippen molar-refractivity contribution in [3.8, 4) is 11.3 Å². The molecule has 3 rings (SSSR count). The van der Waals surface area contributed by atoms with Crippen molar-refractivity contribution in [2.45, 2.75) is 41.5 Å². The molecule has 0 saturated carbocycles. The zero-order valence-electron chi connectivity index (χ0n) is 17.0. The molecule has 0 aliphatic heterocycles. The summed E-state index contributed by atoms with van der Waals surface area (Å²) in [6.07, 6.45) is 1.94. The summed E-state index contributed by atoms with van der Waals surface area (Å²) in [6.45, 7) is 13.5. The molecule has 3 aromatic rings. The van der Waals surface area contributed by atoms with Crippen molar-refractivity contribution < 1.29 is 0 Å². The van der Waals surface area contributed by atoms with Crippen molar-refractivity contribution in [3.05, 3.63) is 73.9 Å². The molecule has 0 bridgehead atoms. The molecule has 0 fully saturated rings. The number of aromatic nitrogens is 1. The zero-order chi connectivity index (χ0) is 19.6. The highest BCUT2D eigenvalue weighted by Gasteiger charge is 2.11. The largest absolute Gasteiger partial charge is 0.258 e. The van der Waals surface area contributed by atoms with Gasteiger partial charge in [-0.25, -0.2) is 4.68 Å². The van der Waals surface area contributed by atoms with Crippen LogP contribution in [0.15, 0.2) is 45.8 Å². The molecule has 0 N–H and O–H groups in total. The summed E-state index contributed by atoms with van der Waals surface area (Å²) in [4.78, 5) is 5.56. The van der Waals surface area contributed by atoms with Gasteiger partial charge in [0.05, 0.1) is 11.9 Å². The van der Waals surface area contributed by atoms with E-state index in [9.17, 15) is 0 Å². The third kappa shape index (κ3) is 4.11. The summed E-state index contributed by atoms with van der Waals surface area (Å²) in [7, 11) is 0. The van der Waals surface area contributed by atoms with Gasteiger partial charge in [0.25, 0.3) is 0 Å². The van der Waals surface area contributed by atoms with Crippen LogP contribution in [0.2, 0.25) is 0 Å². The van der Waals surface area contributed by atoms with Crippen LogP contribution in [0.3, 0.4) is 0 Å². The lowest BCUT2D eigenvalue weighted by molar-refractivity contribution is 0.832. The van der Waals surface area contributed by atoms with Crippen molar-refractivity contribution >= 4 is 17.6 Å². The summed E-state index contributed by atoms with van der Waals surface area (Å²) in [5, 5.41) is 6.98. The normalized spacial score (nSPS) is 12.3. The highest BCUT2D eigenvalue weighted by Crippen LogP contribution is 2.27. The number of hydrogen-bond acceptors (Lipinski definition) is 3. The summed E-state index contributed by atoms with van der Waals surface area (Å²) in [5.41, 5.74) is 9.79. The van der Waals surface area contributed by atoms with Crippen molar-refractivity contribution in [1.82, 2.24) is 4.68 Å². The standard InChI is InChI=1S/C23H27N3S/c1-7-24-23-26(25-13-20-9-8-15(2)10-18(20)5)22(14-27-23)21-12-17(4)16(3)11-19(21)6/h8-14H,7H2,1-6H3. The Labute approximate surface area is 165 Å². The highest BCUT2D eigenvalue weighted by atomic mass is 32.1. The molecule has 0 spiro atoms. The minimum absolute atomic E-state index is 0.741. The van der Waals surface area contributed by atoms with Gasteiger partial charge in [0, 0.05) is 17.5 Å². The minimum Gasteiger partial charge on any atom is -0.258 e. The van der Waals surface area contributed by atoms with Crippen LogP contribution in [0.25, 0.3) is 11.3 Å². The lowest BCUT2D eigenvalue weighted by Gasteiger charge is -2.10. The van der Waals surface area contributed by atoms with Crippen LogP contribution in [0, 0.1) is 34.6 Å². The molecular formula is C23H27N3S. The van der Waals surface area contributed by atoms with E-state index in [4.69, 9.17) is 5.10 Å². The van der Waals surface area contributed by atoms with E-state index in [2.05, 4.69) is 82.2 Å². The van der Waals surface area contributed by atoms with E-state index in [1.165, 1.54) is 33.4 Å². The number of hydrogen-bond donors (Lipinski definition) is 0. The van der Waals surface area contributed by atoms with E-state index in [1.54, 1.807) is 11.3 Å². The van der Waals surface area contributed by atoms with Gasteiger partial charge in [-0.2, -0.15) is 5.10 Å². The summed E-state index contributed by atoms with van der Waals surface area (Å²) >= 11 is 1.64. The monoisotopic (exact) mass is 377 g/mol. The topological polar surface area (TPSA) is 29.6 Å². The number of nitrogens with zero attached hydrogens (tertiary/aromatic N) is 3. The van der Waals surface area contributed by atoms with Crippen LogP contribution in [0.4, 0.5) is 0 Å². The summed E-state index contributed by atoms with van der Waals surface area (Å²) in [5.74, 6) is 0. The number of aryl methyl sites for hydroxylation is 5. The average Bonchev–Trinajstić information content (AvgIpc) is 3.00. The molecule has 27 heavy (non-hydrogen) atoms. The van der Waals surface area contributed by atoms with E-state index < -0.39 is 0 Å². The van der Waals surface area contributed by atoms with Gasteiger partial charge in [-0.05, 0) is 75.4 Å². The fourth-order valence-corrected chi connectivity index (χ4v) is 4.06. The van der Waals surface area contributed by atoms with Crippen LogP contribution >= 0.6 is 11.3 Å². The number of thiazole rings is 1. The maximum Gasteiger partial charge on any atom is 0.206 e. The van der Waals surface area contributed by atoms with E-state index in [-0.39, 0.29) is 0 Å². The lowest BCUT2D eigenvalue weighted by atomic mass is 9.99. The van der Waals surface area contributed by atoms with Crippen LogP contribution in [-0.2, 0) is 0 Å². The molecular weight excluding hydrogens is 350 g/mol. The second kappa shape index (κ2) is 8.05. The van der Waals surface area contributed by atoms with E-state index in [0.29, 0.717) is 0 Å². The predicted molar refractivity (Wildman–Crippen MR) is 117 cm³/mol. The molecule has 0 aliphatic rings. The maximum atomic E-state index is 4.82. The first-order chi connectivity index (χ1) is 12.9. The van der Waals surface area contributed by atoms with Gasteiger partial charge in [0.1, 0.15) is 0 Å². The molecule has 0 saturated heterocycles. The molecule has 0 unspecified atom stereocenters. The Morgan fingerprint density at radius 3 is 2.37 bits per heavy atom. The van der Waals surface area contributed by atoms with Crippen LogP contribution in [-0.4, -0.2) is 17.4 Å². The summed E-state index contributed by atoms with van der Waals surface area (Å²) in [6, 6.07) is 10.9. The van der Waals surface area contributed by atoms with Crippen LogP contribution in [0.1, 0.15) is 40.3 Å². The molecule has 0 atom stereocenters. The molecule has 4 heteroatoms. The van der Waals surface area contributed by atoms with Gasteiger partial charge in [0.15, 0.2) is 0 Å². The Morgan fingerprint density at radius 1 is 0.926 bits per heavy atom. The fraction of sp³-hybridized carbons (Fsp3) is 0.304. The first kappa shape index (κ1) is 19.3. The molecule has 0 aliphatic carbocycles. The van der Waals surface area contributed by atoms with Gasteiger partial charge in [-0.3, -0.25) is 4.99 Å². The van der Waals surface area contributed by atoms with Crippen molar-refractivity contribution in [2.24, 2.45) is 10.1 Å². The van der Waals surface area contributed by atoms with Crippen LogP contribution < -0.4 is 4.80 Å². The minimum atomic E-state index is 0.741. The first-order valence-electron chi connectivity index (χ1n) is 9.31. The smallest absolute Gasteiger partial charge is 0.206 e. The summed E-state index contributed by atoms with van der Waals surface area (Å²) < 4.78 is 1.98. The van der Waals surface area contributed by atoms with Crippen molar-refractivity contribution in [3.63, 3.8) is 0 Å². The SMILES string of the molecule is CCN=c1scc(-c2cc(C)c(C)cc2C)n1N=Cc1ccc(C)cc1C. The molecule has 2 aromatic carbocycles. The molecule has 3 nitrogen and oxygen atoms in total. The van der Waals surface area contributed by atoms with Crippen molar-refractivity contribution in [2.75, 3.05) is 6.54 Å². The number of benzene rings is 2. The third-order valence-corrected chi connectivity index (χ3v) is 5.69. The molecule has 0 amide bonds. The van der Waals surface area contributed by atoms with Gasteiger partial charge in [-0.15, -0.1) is 11.3 Å². The van der Waals surface area contributed by atoms with E-state index >= 15 is 0 Å². The van der Waals surface area contributed by atoms with E-state index in [1.807, 2.05) is 10.9 Å². The second-order valence-corrected chi connectivity index (χ2v) is 7.88. The Kier molecular flexibility index (Phi) is 5.76. The van der Waals surface area contributed by atoms with Gasteiger partial charge in [-0.1, -0.05) is 29.8 Å². The Balaban J connectivity index is 2.15. The Hall–Kier alpha value is -2.46. The zero-order valence-corrected chi connectivity index (χ0v) is 17.8. The first-order valence-corrected chi connectivity index (χ1v) is 10.2.